The van der Waals surface area contributed by atoms with Gasteiger partial charge in [0.05, 0.1) is 23.2 Å². The van der Waals surface area contributed by atoms with Crippen LogP contribution in [0.2, 0.25) is 0 Å². The molecule has 0 bridgehead atoms. The number of nitrogens with one attached hydrogen (secondary N) is 1. The molecule has 1 unspecified atom stereocenters. The number of hydrogen-bond acceptors (Lipinski definition) is 5. The van der Waals surface area contributed by atoms with E-state index >= 15 is 0 Å². The van der Waals surface area contributed by atoms with E-state index < -0.39 is 6.04 Å². The van der Waals surface area contributed by atoms with E-state index in [1.54, 1.807) is 17.8 Å². The van der Waals surface area contributed by atoms with Gasteiger partial charge in [-0.15, -0.1) is 11.8 Å². The van der Waals surface area contributed by atoms with Crippen molar-refractivity contribution in [1.29, 1.82) is 5.26 Å². The lowest BCUT2D eigenvalue weighted by atomic mass is 10.1. The summed E-state index contributed by atoms with van der Waals surface area (Å²) < 4.78 is 0.940. The number of benzene rings is 1. The van der Waals surface area contributed by atoms with E-state index in [9.17, 15) is 4.79 Å². The van der Waals surface area contributed by atoms with Gasteiger partial charge in [0.25, 0.3) is 0 Å². The molecule has 0 radical (unpaired) electrons. The zero-order valence-corrected chi connectivity index (χ0v) is 15.3. The average molecular weight is 397 g/mol. The largest absolute Gasteiger partial charge is 0.384 e. The summed E-state index contributed by atoms with van der Waals surface area (Å²) in [5.74, 6) is 1.85. The summed E-state index contributed by atoms with van der Waals surface area (Å²) in [6.07, 6.45) is 2.50. The van der Waals surface area contributed by atoms with Crippen molar-refractivity contribution >= 4 is 39.3 Å². The van der Waals surface area contributed by atoms with Crippen molar-refractivity contribution in [3.8, 4) is 6.07 Å². The average Bonchev–Trinajstić information content (AvgIpc) is 3.08. The molecule has 1 heterocycles. The van der Waals surface area contributed by atoms with Crippen LogP contribution in [0.5, 0.6) is 0 Å². The molecule has 0 aliphatic carbocycles. The number of thioether (sulfide) groups is 1. The second-order valence-corrected chi connectivity index (χ2v) is 7.46. The van der Waals surface area contributed by atoms with Crippen molar-refractivity contribution in [2.75, 3.05) is 30.0 Å². The van der Waals surface area contributed by atoms with Crippen LogP contribution in [0.1, 0.15) is 24.8 Å². The van der Waals surface area contributed by atoms with E-state index in [1.807, 2.05) is 17.0 Å². The quantitative estimate of drug-likeness (QED) is 0.692. The van der Waals surface area contributed by atoms with Crippen LogP contribution >= 0.6 is 27.7 Å². The molecule has 1 aliphatic heterocycles. The Kier molecular flexibility index (Phi) is 7.21. The third-order valence-corrected chi connectivity index (χ3v) is 5.20. The fraction of sp³-hybridized carbons (Fsp3) is 0.500. The lowest BCUT2D eigenvalue weighted by Crippen LogP contribution is -2.42. The van der Waals surface area contributed by atoms with Gasteiger partial charge in [-0.3, -0.25) is 4.79 Å². The van der Waals surface area contributed by atoms with E-state index in [-0.39, 0.29) is 5.91 Å². The highest BCUT2D eigenvalue weighted by atomic mass is 79.9. The fourth-order valence-corrected chi connectivity index (χ4v) is 3.73. The molecule has 7 heteroatoms. The monoisotopic (exact) mass is 396 g/mol. The van der Waals surface area contributed by atoms with Crippen LogP contribution in [0.4, 0.5) is 5.69 Å². The van der Waals surface area contributed by atoms with Gasteiger partial charge < -0.3 is 16.0 Å². The minimum Gasteiger partial charge on any atom is -0.384 e. The number of nitrogens with zero attached hydrogens (tertiary/aromatic N) is 2. The smallest absolute Gasteiger partial charge is 0.240 e. The Labute approximate surface area is 149 Å². The second-order valence-electron chi connectivity index (χ2n) is 5.47. The van der Waals surface area contributed by atoms with Crippen LogP contribution in [0.3, 0.4) is 0 Å². The van der Waals surface area contributed by atoms with Crippen molar-refractivity contribution in [3.05, 3.63) is 28.2 Å². The van der Waals surface area contributed by atoms with Crippen molar-refractivity contribution < 1.29 is 4.79 Å². The predicted molar refractivity (Wildman–Crippen MR) is 98.2 cm³/mol. The van der Waals surface area contributed by atoms with Gasteiger partial charge in [0.15, 0.2) is 0 Å². The van der Waals surface area contributed by atoms with E-state index in [0.717, 1.165) is 47.7 Å². The van der Waals surface area contributed by atoms with Crippen LogP contribution in [0.25, 0.3) is 0 Å². The maximum atomic E-state index is 12.1. The lowest BCUT2D eigenvalue weighted by Gasteiger charge is -2.19. The summed E-state index contributed by atoms with van der Waals surface area (Å²) in [6.45, 7) is 1.57. The SMILES string of the molecule is N#Cc1ccc(Br)cc1NCCCCC(N)C(=O)N1CCSC1. The number of nitriles is 1. The zero-order chi connectivity index (χ0) is 16.7. The number of carbonyl (C=O) groups excluding carboxylic acids is 1. The van der Waals surface area contributed by atoms with Gasteiger partial charge in [-0.25, -0.2) is 0 Å². The van der Waals surface area contributed by atoms with Gasteiger partial charge in [0, 0.05) is 23.3 Å². The molecule has 3 N–H and O–H groups in total. The van der Waals surface area contributed by atoms with Crippen LogP contribution in [-0.2, 0) is 4.79 Å². The Balaban J connectivity index is 1.68. The first kappa shape index (κ1) is 18.1. The highest BCUT2D eigenvalue weighted by Crippen LogP contribution is 2.21. The van der Waals surface area contributed by atoms with Crippen molar-refractivity contribution in [2.45, 2.75) is 25.3 Å². The van der Waals surface area contributed by atoms with E-state index in [0.29, 0.717) is 12.0 Å². The minimum atomic E-state index is -0.394. The number of anilines is 1. The Morgan fingerprint density at radius 3 is 3.04 bits per heavy atom. The van der Waals surface area contributed by atoms with Crippen molar-refractivity contribution in [1.82, 2.24) is 4.90 Å². The maximum Gasteiger partial charge on any atom is 0.240 e. The summed E-state index contributed by atoms with van der Waals surface area (Å²) >= 11 is 5.18. The number of rotatable bonds is 7. The first-order chi connectivity index (χ1) is 11.1. The minimum absolute atomic E-state index is 0.0710. The first-order valence-corrected chi connectivity index (χ1v) is 9.62. The Morgan fingerprint density at radius 1 is 1.52 bits per heavy atom. The third-order valence-electron chi connectivity index (χ3n) is 3.74. The summed E-state index contributed by atoms with van der Waals surface area (Å²) in [5.41, 5.74) is 7.45. The number of amides is 1. The lowest BCUT2D eigenvalue weighted by molar-refractivity contribution is -0.131. The Bertz CT molecular complexity index is 584. The summed E-state index contributed by atoms with van der Waals surface area (Å²) in [6, 6.07) is 7.32. The second kappa shape index (κ2) is 9.16. The highest BCUT2D eigenvalue weighted by Gasteiger charge is 2.23. The molecule has 1 fully saturated rings. The molecule has 1 aliphatic rings. The number of halogens is 1. The maximum absolute atomic E-state index is 12.1. The molecule has 5 nitrogen and oxygen atoms in total. The van der Waals surface area contributed by atoms with E-state index in [4.69, 9.17) is 11.0 Å². The standard InChI is InChI=1S/C16H21BrN4OS/c17-13-5-4-12(10-18)15(9-13)20-6-2-1-3-14(19)16(22)21-7-8-23-11-21/h4-5,9,14,20H,1-3,6-8,11,19H2. The molecule has 0 aromatic heterocycles. The molecule has 124 valence electrons. The van der Waals surface area contributed by atoms with Gasteiger partial charge in [-0.1, -0.05) is 15.9 Å². The number of carbonyl (C=O) groups is 1. The molecule has 1 aromatic carbocycles. The molecular weight excluding hydrogens is 376 g/mol. The summed E-state index contributed by atoms with van der Waals surface area (Å²) in [4.78, 5) is 13.9. The van der Waals surface area contributed by atoms with Gasteiger partial charge in [0.1, 0.15) is 6.07 Å². The molecule has 1 amide bonds. The van der Waals surface area contributed by atoms with Gasteiger partial charge >= 0.3 is 0 Å². The molecule has 0 saturated carbocycles. The van der Waals surface area contributed by atoms with Gasteiger partial charge in [0.2, 0.25) is 5.91 Å². The third kappa shape index (κ3) is 5.41. The van der Waals surface area contributed by atoms with Gasteiger partial charge in [-0.05, 0) is 37.5 Å². The van der Waals surface area contributed by atoms with Crippen molar-refractivity contribution in [3.63, 3.8) is 0 Å². The van der Waals surface area contributed by atoms with E-state index in [1.165, 1.54) is 0 Å². The summed E-state index contributed by atoms with van der Waals surface area (Å²) in [7, 11) is 0. The molecule has 0 spiro atoms. The predicted octanol–water partition coefficient (Wildman–Crippen LogP) is 2.76. The first-order valence-electron chi connectivity index (χ1n) is 7.67. The summed E-state index contributed by atoms with van der Waals surface area (Å²) in [5, 5.41) is 12.4. The van der Waals surface area contributed by atoms with Crippen LogP contribution in [0.15, 0.2) is 22.7 Å². The Morgan fingerprint density at radius 2 is 2.35 bits per heavy atom. The number of hydrogen-bond donors (Lipinski definition) is 2. The van der Waals surface area contributed by atoms with E-state index in [2.05, 4.69) is 27.3 Å². The zero-order valence-electron chi connectivity index (χ0n) is 12.9. The molecule has 1 atom stereocenters. The number of nitrogens with two attached hydrogens (primary N) is 1. The van der Waals surface area contributed by atoms with Crippen molar-refractivity contribution in [2.24, 2.45) is 5.73 Å². The van der Waals surface area contributed by atoms with Gasteiger partial charge in [-0.2, -0.15) is 5.26 Å². The topological polar surface area (TPSA) is 82.1 Å². The van der Waals surface area contributed by atoms with Crippen LogP contribution in [0, 0.1) is 11.3 Å². The molecule has 1 saturated heterocycles. The number of unbranched alkanes of at least 4 members (excludes halogenated alkanes) is 1. The molecular formula is C16H21BrN4OS. The van der Waals surface area contributed by atoms with Crippen LogP contribution < -0.4 is 11.1 Å². The normalized spacial score (nSPS) is 15.3. The highest BCUT2D eigenvalue weighted by molar-refractivity contribution is 9.10. The molecule has 1 aromatic rings. The Hall–Kier alpha value is -1.23. The molecule has 2 rings (SSSR count). The van der Waals surface area contributed by atoms with Crippen LogP contribution in [-0.4, -0.2) is 41.6 Å². The fourth-order valence-electron chi connectivity index (χ4n) is 2.42. The molecule has 23 heavy (non-hydrogen) atoms.